The van der Waals surface area contributed by atoms with Gasteiger partial charge >= 0.3 is 0 Å². The number of nitrogens with zero attached hydrogens (tertiary/aromatic N) is 1. The molecular formula is C12H14F2NO2S. The number of thiol groups is 1. The van der Waals surface area contributed by atoms with E-state index in [0.29, 0.717) is 13.0 Å². The number of rotatable bonds is 3. The van der Waals surface area contributed by atoms with Crippen LogP contribution >= 0.6 is 0 Å². The van der Waals surface area contributed by atoms with Crippen molar-refractivity contribution >= 4 is 10.7 Å². The van der Waals surface area contributed by atoms with Crippen LogP contribution in [0.25, 0.3) is 0 Å². The minimum atomic E-state index is -2.71. The van der Waals surface area contributed by atoms with Crippen LogP contribution in [0.15, 0.2) is 18.2 Å². The normalized spacial score (nSPS) is 22.6. The fourth-order valence-electron chi connectivity index (χ4n) is 2.37. The summed E-state index contributed by atoms with van der Waals surface area (Å²) in [5.41, 5.74) is 0.206. The van der Waals surface area contributed by atoms with E-state index < -0.39 is 33.8 Å². The number of benzene rings is 1. The van der Waals surface area contributed by atoms with Gasteiger partial charge in [0.2, 0.25) is 0 Å². The number of hydrogen-bond donors (Lipinski definition) is 1. The van der Waals surface area contributed by atoms with E-state index in [2.05, 4.69) is 6.92 Å². The molecule has 0 bridgehead atoms. The smallest absolute Gasteiger partial charge is 0.156 e. The minimum Gasteiger partial charge on any atom is -0.280 e. The maximum absolute atomic E-state index is 13.7. The zero-order valence-corrected chi connectivity index (χ0v) is 10.6. The third-order valence-corrected chi connectivity index (χ3v) is 4.02. The molecule has 1 radical (unpaired) electrons. The van der Waals surface area contributed by atoms with Gasteiger partial charge in [0.25, 0.3) is 0 Å². The summed E-state index contributed by atoms with van der Waals surface area (Å²) in [5.74, 6) is -1.04. The Bertz CT molecular complexity index is 511. The van der Waals surface area contributed by atoms with Gasteiger partial charge < -0.3 is 0 Å². The van der Waals surface area contributed by atoms with E-state index in [0.717, 1.165) is 24.6 Å². The highest BCUT2D eigenvalue weighted by Crippen LogP contribution is 2.35. The fraction of sp³-hybridized carbons (Fsp3) is 0.417. The highest BCUT2D eigenvalue weighted by Gasteiger charge is 2.32. The SMILES string of the molecule is [CH2]C(N1CCC[C@@H]1c1cc(F)ccc1F)[SH](=O)=O. The molecule has 1 aliphatic rings. The summed E-state index contributed by atoms with van der Waals surface area (Å²) in [7, 11) is -2.71. The van der Waals surface area contributed by atoms with E-state index in [1.807, 2.05) is 0 Å². The van der Waals surface area contributed by atoms with Crippen LogP contribution in [0.4, 0.5) is 8.78 Å². The molecule has 6 heteroatoms. The Labute approximate surface area is 106 Å². The van der Waals surface area contributed by atoms with Gasteiger partial charge in [-0.2, -0.15) is 0 Å². The lowest BCUT2D eigenvalue weighted by atomic mass is 10.0. The van der Waals surface area contributed by atoms with Gasteiger partial charge in [-0.25, -0.2) is 17.2 Å². The van der Waals surface area contributed by atoms with Gasteiger partial charge in [0.1, 0.15) is 17.0 Å². The largest absolute Gasteiger partial charge is 0.280 e. The van der Waals surface area contributed by atoms with Crippen LogP contribution in [0.1, 0.15) is 24.4 Å². The van der Waals surface area contributed by atoms with Gasteiger partial charge in [0.15, 0.2) is 10.7 Å². The van der Waals surface area contributed by atoms with E-state index in [1.165, 1.54) is 0 Å². The van der Waals surface area contributed by atoms with E-state index in [4.69, 9.17) is 0 Å². The molecule has 0 N–H and O–H groups in total. The minimum absolute atomic E-state index is 0.206. The molecule has 0 spiro atoms. The van der Waals surface area contributed by atoms with Crippen molar-refractivity contribution in [1.29, 1.82) is 0 Å². The first-order valence-electron chi connectivity index (χ1n) is 5.68. The fourth-order valence-corrected chi connectivity index (χ4v) is 2.89. The standard InChI is InChI=1S/C12H14F2NO2S/c1-8(18(16)17)15-6-2-3-12(15)10-7-9(13)4-5-11(10)14/h4-5,7-8,12,18H,1-3,6H2/t8?,12-/m1/s1. The number of halogens is 2. The second-order valence-corrected chi connectivity index (χ2v) is 5.49. The van der Waals surface area contributed by atoms with Crippen LogP contribution in [0.2, 0.25) is 0 Å². The summed E-state index contributed by atoms with van der Waals surface area (Å²) in [6, 6.07) is 2.82. The van der Waals surface area contributed by atoms with Gasteiger partial charge in [-0.05, 0) is 38.0 Å². The monoisotopic (exact) mass is 274 g/mol. The lowest BCUT2D eigenvalue weighted by Crippen LogP contribution is -2.34. The Kier molecular flexibility index (Phi) is 3.97. The number of hydrogen-bond acceptors (Lipinski definition) is 3. The molecule has 0 aliphatic carbocycles. The van der Waals surface area contributed by atoms with Gasteiger partial charge in [-0.1, -0.05) is 0 Å². The molecule has 1 aliphatic heterocycles. The van der Waals surface area contributed by atoms with Crippen molar-refractivity contribution in [2.24, 2.45) is 0 Å². The predicted octanol–water partition coefficient (Wildman–Crippen LogP) is 1.87. The highest BCUT2D eigenvalue weighted by molar-refractivity contribution is 7.73. The first kappa shape index (κ1) is 13.4. The molecule has 99 valence electrons. The number of likely N-dealkylation sites (tertiary alicyclic amines) is 1. The Morgan fingerprint density at radius 2 is 2.11 bits per heavy atom. The first-order chi connectivity index (χ1) is 8.50. The Hall–Kier alpha value is -1.01. The van der Waals surface area contributed by atoms with E-state index in [9.17, 15) is 17.2 Å². The Morgan fingerprint density at radius 1 is 1.39 bits per heavy atom. The van der Waals surface area contributed by atoms with Crippen LogP contribution < -0.4 is 0 Å². The topological polar surface area (TPSA) is 37.4 Å². The second-order valence-electron chi connectivity index (χ2n) is 4.33. The van der Waals surface area contributed by atoms with Crippen molar-refractivity contribution < 1.29 is 17.2 Å². The third kappa shape index (κ3) is 2.54. The molecule has 1 unspecified atom stereocenters. The second kappa shape index (κ2) is 5.32. The lowest BCUT2D eigenvalue weighted by Gasteiger charge is -2.27. The lowest BCUT2D eigenvalue weighted by molar-refractivity contribution is 0.253. The van der Waals surface area contributed by atoms with Crippen LogP contribution in [-0.2, 0) is 10.7 Å². The average Bonchev–Trinajstić information content (AvgIpc) is 2.80. The van der Waals surface area contributed by atoms with E-state index in [1.54, 1.807) is 4.90 Å². The molecule has 18 heavy (non-hydrogen) atoms. The third-order valence-electron chi connectivity index (χ3n) is 3.24. The van der Waals surface area contributed by atoms with Crippen molar-refractivity contribution in [2.75, 3.05) is 6.54 Å². The van der Waals surface area contributed by atoms with Crippen LogP contribution in [-0.4, -0.2) is 25.2 Å². The van der Waals surface area contributed by atoms with Crippen LogP contribution in [0, 0.1) is 18.6 Å². The van der Waals surface area contributed by atoms with Crippen molar-refractivity contribution in [3.05, 3.63) is 42.3 Å². The van der Waals surface area contributed by atoms with Crippen molar-refractivity contribution in [3.63, 3.8) is 0 Å². The first-order valence-corrected chi connectivity index (χ1v) is 6.92. The summed E-state index contributed by atoms with van der Waals surface area (Å²) in [6.07, 6.45) is 1.35. The Morgan fingerprint density at radius 3 is 2.78 bits per heavy atom. The molecule has 1 saturated heterocycles. The highest BCUT2D eigenvalue weighted by atomic mass is 32.2. The molecule has 3 nitrogen and oxygen atoms in total. The predicted molar refractivity (Wildman–Crippen MR) is 64.5 cm³/mol. The molecule has 1 heterocycles. The average molecular weight is 274 g/mol. The molecule has 0 saturated carbocycles. The van der Waals surface area contributed by atoms with Crippen molar-refractivity contribution in [2.45, 2.75) is 24.3 Å². The van der Waals surface area contributed by atoms with E-state index >= 15 is 0 Å². The van der Waals surface area contributed by atoms with Crippen LogP contribution in [0.3, 0.4) is 0 Å². The van der Waals surface area contributed by atoms with Crippen LogP contribution in [0.5, 0.6) is 0 Å². The maximum Gasteiger partial charge on any atom is 0.156 e. The van der Waals surface area contributed by atoms with Crippen molar-refractivity contribution in [1.82, 2.24) is 4.90 Å². The maximum atomic E-state index is 13.7. The van der Waals surface area contributed by atoms with Gasteiger partial charge in [0.05, 0.1) is 0 Å². The summed E-state index contributed by atoms with van der Waals surface area (Å²) >= 11 is 0. The van der Waals surface area contributed by atoms with Gasteiger partial charge in [0, 0.05) is 18.2 Å². The zero-order chi connectivity index (χ0) is 13.3. The van der Waals surface area contributed by atoms with E-state index in [-0.39, 0.29) is 5.56 Å². The van der Waals surface area contributed by atoms with Crippen molar-refractivity contribution in [3.8, 4) is 0 Å². The summed E-state index contributed by atoms with van der Waals surface area (Å²) in [4.78, 5) is 1.60. The molecule has 0 amide bonds. The molecular weight excluding hydrogens is 260 g/mol. The molecule has 1 fully saturated rings. The summed E-state index contributed by atoms with van der Waals surface area (Å²) in [6.45, 7) is 4.09. The molecule has 1 aromatic carbocycles. The summed E-state index contributed by atoms with van der Waals surface area (Å²) in [5, 5.41) is -0.907. The van der Waals surface area contributed by atoms with Gasteiger partial charge in [-0.15, -0.1) is 0 Å². The summed E-state index contributed by atoms with van der Waals surface area (Å²) < 4.78 is 48.8. The quantitative estimate of drug-likeness (QED) is 0.855. The molecule has 1 aromatic rings. The Balaban J connectivity index is 2.34. The molecule has 2 rings (SSSR count). The van der Waals surface area contributed by atoms with Gasteiger partial charge in [-0.3, -0.25) is 4.90 Å². The molecule has 2 atom stereocenters. The zero-order valence-electron chi connectivity index (χ0n) is 9.68. The molecule has 0 aromatic heterocycles.